The molecule has 2 aromatic carbocycles. The van der Waals surface area contributed by atoms with E-state index in [1.165, 1.54) is 37.4 Å². The van der Waals surface area contributed by atoms with E-state index in [2.05, 4.69) is 0 Å². The Kier molecular flexibility index (Phi) is 3.71. The van der Waals surface area contributed by atoms with E-state index in [1.807, 2.05) is 0 Å². The average Bonchev–Trinajstić information content (AvgIpc) is 2.93. The van der Waals surface area contributed by atoms with Gasteiger partial charge in [0.15, 0.2) is 0 Å². The van der Waals surface area contributed by atoms with Crippen LogP contribution in [0.3, 0.4) is 0 Å². The molecule has 0 aliphatic rings. The maximum Gasteiger partial charge on any atom is 0.431 e. The van der Waals surface area contributed by atoms with Gasteiger partial charge in [0, 0.05) is 16.6 Å². The van der Waals surface area contributed by atoms with Crippen LogP contribution in [0.25, 0.3) is 10.9 Å². The molecule has 3 aromatic rings. The highest BCUT2D eigenvalue weighted by Crippen LogP contribution is 2.35. The summed E-state index contributed by atoms with van der Waals surface area (Å²) in [5.41, 5.74) is 5.14. The Balaban J connectivity index is 2.25. The van der Waals surface area contributed by atoms with Crippen molar-refractivity contribution in [3.05, 3.63) is 59.8 Å². The molecular weight excluding hydrogens is 321 g/mol. The number of nitrogens with zero attached hydrogens (tertiary/aromatic N) is 1. The fourth-order valence-electron chi connectivity index (χ4n) is 2.55. The van der Waals surface area contributed by atoms with Crippen LogP contribution in [0.4, 0.5) is 18.9 Å². The molecule has 1 aromatic heterocycles. The highest BCUT2D eigenvalue weighted by atomic mass is 19.4. The van der Waals surface area contributed by atoms with Crippen molar-refractivity contribution in [3.63, 3.8) is 0 Å². The number of aromatic nitrogens is 1. The van der Waals surface area contributed by atoms with Crippen molar-refractivity contribution in [2.24, 2.45) is 0 Å². The van der Waals surface area contributed by atoms with Gasteiger partial charge in [0.2, 0.25) is 0 Å². The van der Waals surface area contributed by atoms with Crippen molar-refractivity contribution in [1.82, 2.24) is 4.57 Å². The van der Waals surface area contributed by atoms with Crippen LogP contribution in [0.1, 0.15) is 16.1 Å². The molecule has 4 nitrogen and oxygen atoms in total. The average molecular weight is 334 g/mol. The minimum atomic E-state index is -4.68. The van der Waals surface area contributed by atoms with Crippen molar-refractivity contribution in [1.29, 1.82) is 0 Å². The highest BCUT2D eigenvalue weighted by Gasteiger charge is 2.37. The van der Waals surface area contributed by atoms with Crippen molar-refractivity contribution in [2.75, 3.05) is 12.8 Å². The van der Waals surface area contributed by atoms with Gasteiger partial charge in [-0.2, -0.15) is 13.2 Å². The first kappa shape index (κ1) is 15.9. The monoisotopic (exact) mass is 334 g/mol. The summed E-state index contributed by atoms with van der Waals surface area (Å²) in [7, 11) is 1.42. The molecule has 0 atom stereocenters. The summed E-state index contributed by atoms with van der Waals surface area (Å²) in [5, 5.41) is 0.249. The number of benzene rings is 2. The number of ether oxygens (including phenoxy) is 1. The summed E-state index contributed by atoms with van der Waals surface area (Å²) in [5.74, 6) is -0.406. The summed E-state index contributed by atoms with van der Waals surface area (Å²) in [6.45, 7) is 0. The van der Waals surface area contributed by atoms with Crippen LogP contribution in [0, 0.1) is 0 Å². The molecule has 1 heterocycles. The van der Waals surface area contributed by atoms with E-state index in [9.17, 15) is 18.0 Å². The molecule has 0 fully saturated rings. The zero-order valence-electron chi connectivity index (χ0n) is 12.6. The van der Waals surface area contributed by atoms with Crippen molar-refractivity contribution >= 4 is 22.5 Å². The first-order valence-electron chi connectivity index (χ1n) is 6.98. The van der Waals surface area contributed by atoms with Gasteiger partial charge in [-0.05, 0) is 42.5 Å². The molecule has 24 heavy (non-hydrogen) atoms. The first-order chi connectivity index (χ1) is 11.3. The number of nitrogens with two attached hydrogens (primary N) is 1. The number of hydrogen-bond donors (Lipinski definition) is 1. The molecule has 0 saturated carbocycles. The highest BCUT2D eigenvalue weighted by molar-refractivity contribution is 6.03. The number of carbonyl (C=O) groups excluding carboxylic acids is 1. The zero-order valence-corrected chi connectivity index (χ0v) is 12.6. The largest absolute Gasteiger partial charge is 0.497 e. The normalized spacial score (nSPS) is 11.7. The second-order valence-electron chi connectivity index (χ2n) is 5.22. The Morgan fingerprint density at radius 3 is 2.54 bits per heavy atom. The van der Waals surface area contributed by atoms with Gasteiger partial charge in [-0.1, -0.05) is 6.07 Å². The van der Waals surface area contributed by atoms with Gasteiger partial charge in [-0.15, -0.1) is 0 Å². The number of fused-ring (bicyclic) bond motifs is 1. The molecule has 0 saturated heterocycles. The smallest absolute Gasteiger partial charge is 0.431 e. The number of carbonyl (C=O) groups is 1. The third-order valence-corrected chi connectivity index (χ3v) is 3.64. The summed E-state index contributed by atoms with van der Waals surface area (Å²) in [6.07, 6.45) is -4.68. The molecule has 2 N–H and O–H groups in total. The van der Waals surface area contributed by atoms with E-state index >= 15 is 0 Å². The van der Waals surface area contributed by atoms with Crippen LogP contribution in [-0.4, -0.2) is 17.6 Å². The summed E-state index contributed by atoms with van der Waals surface area (Å²) < 4.78 is 45.8. The van der Waals surface area contributed by atoms with Crippen LogP contribution < -0.4 is 10.5 Å². The van der Waals surface area contributed by atoms with Crippen LogP contribution >= 0.6 is 0 Å². The van der Waals surface area contributed by atoms with Gasteiger partial charge in [0.1, 0.15) is 11.4 Å². The number of halogens is 3. The predicted octanol–water partition coefficient (Wildman–Crippen LogP) is 3.94. The molecule has 0 unspecified atom stereocenters. The van der Waals surface area contributed by atoms with Crippen LogP contribution in [-0.2, 0) is 6.18 Å². The summed E-state index contributed by atoms with van der Waals surface area (Å²) in [4.78, 5) is 12.7. The standard InChI is InChI=1S/C17H13F3N2O2/c1-24-13-4-2-3-10(8-13)16(23)22-14-6-5-12(21)7-11(14)9-15(22)17(18,19)20/h2-9H,21H2,1H3. The maximum atomic E-state index is 13.4. The summed E-state index contributed by atoms with van der Waals surface area (Å²) in [6, 6.07) is 11.2. The third kappa shape index (κ3) is 2.68. The fourth-order valence-corrected chi connectivity index (χ4v) is 2.55. The number of alkyl halides is 3. The molecule has 0 aliphatic carbocycles. The first-order valence-corrected chi connectivity index (χ1v) is 6.98. The lowest BCUT2D eigenvalue weighted by Crippen LogP contribution is -2.20. The second kappa shape index (κ2) is 5.59. The fraction of sp³-hybridized carbons (Fsp3) is 0.118. The lowest BCUT2D eigenvalue weighted by molar-refractivity contribution is -0.142. The van der Waals surface area contributed by atoms with E-state index in [4.69, 9.17) is 10.5 Å². The molecule has 0 bridgehead atoms. The number of rotatable bonds is 2. The molecule has 0 radical (unpaired) electrons. The predicted molar refractivity (Wildman–Crippen MR) is 84.1 cm³/mol. The van der Waals surface area contributed by atoms with Gasteiger partial charge in [0.25, 0.3) is 5.91 Å². The molecular formula is C17H13F3N2O2. The second-order valence-corrected chi connectivity index (χ2v) is 5.22. The molecule has 124 valence electrons. The van der Waals surface area contributed by atoms with Crippen LogP contribution in [0.2, 0.25) is 0 Å². The topological polar surface area (TPSA) is 57.2 Å². The quantitative estimate of drug-likeness (QED) is 0.722. The number of hydrogen-bond acceptors (Lipinski definition) is 3. The minimum Gasteiger partial charge on any atom is -0.497 e. The lowest BCUT2D eigenvalue weighted by atomic mass is 10.2. The van der Waals surface area contributed by atoms with Crippen molar-refractivity contribution in [2.45, 2.75) is 6.18 Å². The number of methoxy groups -OCH3 is 1. The molecule has 0 amide bonds. The Morgan fingerprint density at radius 1 is 1.12 bits per heavy atom. The Morgan fingerprint density at radius 2 is 1.88 bits per heavy atom. The van der Waals surface area contributed by atoms with Gasteiger partial charge in [0.05, 0.1) is 12.6 Å². The Bertz CT molecular complexity index is 929. The third-order valence-electron chi connectivity index (χ3n) is 3.64. The van der Waals surface area contributed by atoms with Crippen LogP contribution in [0.15, 0.2) is 48.5 Å². The minimum absolute atomic E-state index is 0.0918. The van der Waals surface area contributed by atoms with Gasteiger partial charge in [-0.3, -0.25) is 9.36 Å². The van der Waals surface area contributed by atoms with Gasteiger partial charge in [-0.25, -0.2) is 0 Å². The molecule has 0 aliphatic heterocycles. The molecule has 3 rings (SSSR count). The van der Waals surface area contributed by atoms with Crippen molar-refractivity contribution in [3.8, 4) is 5.75 Å². The molecule has 0 spiro atoms. The van der Waals surface area contributed by atoms with Crippen LogP contribution in [0.5, 0.6) is 5.75 Å². The SMILES string of the molecule is COc1cccc(C(=O)n2c(C(F)(F)F)cc3cc(N)ccc32)c1. The van der Waals surface area contributed by atoms with E-state index in [0.29, 0.717) is 16.0 Å². The Hall–Kier alpha value is -2.96. The maximum absolute atomic E-state index is 13.4. The van der Waals surface area contributed by atoms with E-state index in [0.717, 1.165) is 6.07 Å². The summed E-state index contributed by atoms with van der Waals surface area (Å²) >= 11 is 0. The van der Waals surface area contributed by atoms with E-state index < -0.39 is 17.8 Å². The van der Waals surface area contributed by atoms with Gasteiger partial charge < -0.3 is 10.5 Å². The van der Waals surface area contributed by atoms with Crippen molar-refractivity contribution < 1.29 is 22.7 Å². The van der Waals surface area contributed by atoms with Gasteiger partial charge >= 0.3 is 6.18 Å². The van der Waals surface area contributed by atoms with E-state index in [1.54, 1.807) is 12.1 Å². The lowest BCUT2D eigenvalue weighted by Gasteiger charge is -2.12. The number of nitrogen functional groups attached to an aromatic ring is 1. The van der Waals surface area contributed by atoms with E-state index in [-0.39, 0.29) is 16.5 Å². The Labute approximate surface area is 135 Å². The molecule has 7 heteroatoms. The number of anilines is 1. The zero-order chi connectivity index (χ0) is 17.5.